The van der Waals surface area contributed by atoms with Crippen molar-refractivity contribution in [3.63, 3.8) is 0 Å². The highest BCUT2D eigenvalue weighted by Crippen LogP contribution is 2.03. The lowest BCUT2D eigenvalue weighted by Gasteiger charge is -2.08. The first-order chi connectivity index (χ1) is 8.08. The van der Waals surface area contributed by atoms with E-state index in [-0.39, 0.29) is 18.4 Å². The van der Waals surface area contributed by atoms with E-state index in [1.54, 1.807) is 19.1 Å². The van der Waals surface area contributed by atoms with Crippen molar-refractivity contribution in [3.8, 4) is 0 Å². The molecule has 0 heterocycles. The van der Waals surface area contributed by atoms with Crippen LogP contribution in [-0.4, -0.2) is 30.3 Å². The van der Waals surface area contributed by atoms with Gasteiger partial charge < -0.3 is 15.7 Å². The zero-order valence-corrected chi connectivity index (χ0v) is 9.74. The van der Waals surface area contributed by atoms with Crippen molar-refractivity contribution in [2.45, 2.75) is 19.4 Å². The molecule has 0 aromatic heterocycles. The van der Waals surface area contributed by atoms with E-state index >= 15 is 0 Å². The van der Waals surface area contributed by atoms with Crippen LogP contribution in [0.5, 0.6) is 0 Å². The number of carbonyl (C=O) groups excluding carboxylic acids is 1. The molecule has 4 nitrogen and oxygen atoms in total. The molecule has 0 spiro atoms. The van der Waals surface area contributed by atoms with Gasteiger partial charge in [0, 0.05) is 13.1 Å². The lowest BCUT2D eigenvalue weighted by Crippen LogP contribution is -2.39. The monoisotopic (exact) mass is 240 g/mol. The lowest BCUT2D eigenvalue weighted by molar-refractivity contribution is 0.187. The Morgan fingerprint density at radius 2 is 2.24 bits per heavy atom. The second kappa shape index (κ2) is 6.85. The maximum Gasteiger partial charge on any atom is 0.314 e. The Morgan fingerprint density at radius 1 is 1.47 bits per heavy atom. The van der Waals surface area contributed by atoms with Crippen molar-refractivity contribution in [1.82, 2.24) is 10.6 Å². The molecule has 1 atom stereocenters. The van der Waals surface area contributed by atoms with Gasteiger partial charge in [0.25, 0.3) is 0 Å². The summed E-state index contributed by atoms with van der Waals surface area (Å²) in [6, 6.07) is 5.93. The highest BCUT2D eigenvalue weighted by molar-refractivity contribution is 5.73. The van der Waals surface area contributed by atoms with Crippen molar-refractivity contribution in [3.05, 3.63) is 35.6 Å². The van der Waals surface area contributed by atoms with Gasteiger partial charge in [-0.3, -0.25) is 0 Å². The van der Waals surface area contributed by atoms with E-state index < -0.39 is 6.10 Å². The van der Waals surface area contributed by atoms with Crippen LogP contribution in [0.3, 0.4) is 0 Å². The van der Waals surface area contributed by atoms with E-state index in [2.05, 4.69) is 10.6 Å². The molecule has 0 aliphatic heterocycles. The van der Waals surface area contributed by atoms with Crippen molar-refractivity contribution < 1.29 is 14.3 Å². The van der Waals surface area contributed by atoms with Crippen LogP contribution in [0.2, 0.25) is 0 Å². The number of halogens is 1. The van der Waals surface area contributed by atoms with Gasteiger partial charge in [-0.15, -0.1) is 0 Å². The van der Waals surface area contributed by atoms with Gasteiger partial charge in [0.15, 0.2) is 0 Å². The van der Waals surface area contributed by atoms with E-state index in [9.17, 15) is 9.18 Å². The minimum atomic E-state index is -0.566. The molecule has 0 aliphatic rings. The molecule has 0 aliphatic carbocycles. The Kier molecular flexibility index (Phi) is 5.42. The molecule has 0 bridgehead atoms. The Hall–Kier alpha value is -1.62. The van der Waals surface area contributed by atoms with Crippen LogP contribution >= 0.6 is 0 Å². The molecule has 0 fully saturated rings. The molecular weight excluding hydrogens is 223 g/mol. The Morgan fingerprint density at radius 3 is 2.88 bits per heavy atom. The average Bonchev–Trinajstić information content (AvgIpc) is 2.26. The Balaban J connectivity index is 2.21. The summed E-state index contributed by atoms with van der Waals surface area (Å²) in [5, 5.41) is 14.1. The van der Waals surface area contributed by atoms with Gasteiger partial charge in [0.05, 0.1) is 6.10 Å². The molecule has 94 valence electrons. The fourth-order valence-electron chi connectivity index (χ4n) is 1.32. The second-order valence-corrected chi connectivity index (χ2v) is 3.87. The third-order valence-corrected chi connectivity index (χ3v) is 2.15. The number of hydrogen-bond donors (Lipinski definition) is 3. The third-order valence-electron chi connectivity index (χ3n) is 2.15. The first-order valence-corrected chi connectivity index (χ1v) is 5.52. The first-order valence-electron chi connectivity index (χ1n) is 5.52. The predicted octanol–water partition coefficient (Wildman–Crippen LogP) is 1.05. The van der Waals surface area contributed by atoms with E-state index in [0.717, 1.165) is 5.56 Å². The maximum atomic E-state index is 12.8. The summed E-state index contributed by atoms with van der Waals surface area (Å²) >= 11 is 0. The van der Waals surface area contributed by atoms with Crippen molar-refractivity contribution in [1.29, 1.82) is 0 Å². The van der Waals surface area contributed by atoms with Crippen LogP contribution in [0.4, 0.5) is 9.18 Å². The third kappa shape index (κ3) is 5.87. The van der Waals surface area contributed by atoms with Gasteiger partial charge in [-0.2, -0.15) is 0 Å². The fourth-order valence-corrected chi connectivity index (χ4v) is 1.32. The SMILES string of the molecule is CC(O)CNC(=O)NCCc1cccc(F)c1. The second-order valence-electron chi connectivity index (χ2n) is 3.87. The number of aliphatic hydroxyl groups excluding tert-OH is 1. The Labute approximate surface area is 99.8 Å². The summed E-state index contributed by atoms with van der Waals surface area (Å²) in [7, 11) is 0. The average molecular weight is 240 g/mol. The van der Waals surface area contributed by atoms with Crippen LogP contribution in [0.25, 0.3) is 0 Å². The largest absolute Gasteiger partial charge is 0.392 e. The van der Waals surface area contributed by atoms with Gasteiger partial charge in [0.2, 0.25) is 0 Å². The maximum absolute atomic E-state index is 12.8. The standard InChI is InChI=1S/C12H17FN2O2/c1-9(16)8-15-12(17)14-6-5-10-3-2-4-11(13)7-10/h2-4,7,9,16H,5-6,8H2,1H3,(H2,14,15,17). The van der Waals surface area contributed by atoms with Crippen LogP contribution < -0.4 is 10.6 Å². The fraction of sp³-hybridized carbons (Fsp3) is 0.417. The number of rotatable bonds is 5. The molecule has 1 aromatic rings. The molecular formula is C12H17FN2O2. The van der Waals surface area contributed by atoms with Gasteiger partial charge in [0.1, 0.15) is 5.82 Å². The molecule has 1 unspecified atom stereocenters. The number of amides is 2. The quantitative estimate of drug-likeness (QED) is 0.720. The van der Waals surface area contributed by atoms with Crippen molar-refractivity contribution in [2.75, 3.05) is 13.1 Å². The summed E-state index contributed by atoms with van der Waals surface area (Å²) in [5.41, 5.74) is 0.834. The predicted molar refractivity (Wildman–Crippen MR) is 63.2 cm³/mol. The lowest BCUT2D eigenvalue weighted by atomic mass is 10.1. The zero-order valence-electron chi connectivity index (χ0n) is 9.74. The number of benzene rings is 1. The molecule has 1 rings (SSSR count). The van der Waals surface area contributed by atoms with E-state index in [0.29, 0.717) is 13.0 Å². The molecule has 17 heavy (non-hydrogen) atoms. The van der Waals surface area contributed by atoms with E-state index in [4.69, 9.17) is 5.11 Å². The molecule has 5 heteroatoms. The summed E-state index contributed by atoms with van der Waals surface area (Å²) in [4.78, 5) is 11.2. The number of aliphatic hydroxyl groups is 1. The van der Waals surface area contributed by atoms with Crippen LogP contribution in [0.1, 0.15) is 12.5 Å². The van der Waals surface area contributed by atoms with Crippen LogP contribution in [0, 0.1) is 5.82 Å². The van der Waals surface area contributed by atoms with Crippen LogP contribution in [-0.2, 0) is 6.42 Å². The first kappa shape index (κ1) is 13.4. The summed E-state index contributed by atoms with van der Waals surface area (Å²) in [6.45, 7) is 2.23. The minimum absolute atomic E-state index is 0.214. The van der Waals surface area contributed by atoms with Crippen LogP contribution in [0.15, 0.2) is 24.3 Å². The number of urea groups is 1. The van der Waals surface area contributed by atoms with E-state index in [1.807, 2.05) is 0 Å². The highest BCUT2D eigenvalue weighted by Gasteiger charge is 2.01. The summed E-state index contributed by atoms with van der Waals surface area (Å²) < 4.78 is 12.8. The molecule has 2 amide bonds. The number of carbonyl (C=O) groups is 1. The van der Waals surface area contributed by atoms with E-state index in [1.165, 1.54) is 12.1 Å². The molecule has 0 saturated carbocycles. The number of hydrogen-bond acceptors (Lipinski definition) is 2. The summed E-state index contributed by atoms with van der Waals surface area (Å²) in [6.07, 6.45) is 0.00353. The highest BCUT2D eigenvalue weighted by atomic mass is 19.1. The smallest absolute Gasteiger partial charge is 0.314 e. The number of nitrogens with one attached hydrogen (secondary N) is 2. The van der Waals surface area contributed by atoms with Gasteiger partial charge in [-0.25, -0.2) is 9.18 Å². The minimum Gasteiger partial charge on any atom is -0.392 e. The molecule has 3 N–H and O–H groups in total. The van der Waals surface area contributed by atoms with Gasteiger partial charge >= 0.3 is 6.03 Å². The topological polar surface area (TPSA) is 61.4 Å². The van der Waals surface area contributed by atoms with Crippen molar-refractivity contribution >= 4 is 6.03 Å². The van der Waals surface area contributed by atoms with Gasteiger partial charge in [-0.05, 0) is 31.0 Å². The van der Waals surface area contributed by atoms with Gasteiger partial charge in [-0.1, -0.05) is 12.1 Å². The summed E-state index contributed by atoms with van der Waals surface area (Å²) in [5.74, 6) is -0.277. The molecule has 0 radical (unpaired) electrons. The normalized spacial score (nSPS) is 11.9. The zero-order chi connectivity index (χ0) is 12.7. The molecule has 0 saturated heterocycles. The molecule has 1 aromatic carbocycles. The van der Waals surface area contributed by atoms with Crippen molar-refractivity contribution in [2.24, 2.45) is 0 Å². The Bertz CT molecular complexity index is 369.